The Balaban J connectivity index is 3.10. The number of nitrogens with two attached hydrogens (primary N) is 1. The lowest BCUT2D eigenvalue weighted by Crippen LogP contribution is -2.18. The summed E-state index contributed by atoms with van der Waals surface area (Å²) in [6.07, 6.45) is 15.5. The first kappa shape index (κ1) is 35.4. The molecule has 1 aromatic carbocycles. The lowest BCUT2D eigenvalue weighted by Gasteiger charge is -2.14. The standard InChI is InChI=1S/C34H49FN2O4/c1-7-11-28-15-17-31(23-32(28)35)41-30(16-14-25(4)9-3)22-27(6)26(5)21-29(24-36)33(12-8-2)37-18-10-13-34(39)40-20-19-38/h12,14-17,21-25,37-38H,6-11,13,18-20,36H2,1-5H3/b16-14-,26-21+,29-24+,30-22+,33-12+/t25-/m1/s1. The minimum absolute atomic E-state index is 0.0119. The maximum absolute atomic E-state index is 14.6. The number of carbonyl (C=O) groups is 1. The zero-order chi connectivity index (χ0) is 30.6. The van der Waals surface area contributed by atoms with Crippen molar-refractivity contribution in [3.8, 4) is 5.75 Å². The molecule has 226 valence electrons. The number of hydrogen-bond acceptors (Lipinski definition) is 6. The predicted molar refractivity (Wildman–Crippen MR) is 167 cm³/mol. The van der Waals surface area contributed by atoms with Crippen LogP contribution in [0, 0.1) is 11.7 Å². The summed E-state index contributed by atoms with van der Waals surface area (Å²) < 4.78 is 25.6. The third kappa shape index (κ3) is 14.0. The Labute approximate surface area is 246 Å². The van der Waals surface area contributed by atoms with Crippen LogP contribution in [0.4, 0.5) is 4.39 Å². The summed E-state index contributed by atoms with van der Waals surface area (Å²) in [6, 6.07) is 4.99. The Morgan fingerprint density at radius 3 is 2.61 bits per heavy atom. The average molecular weight is 569 g/mol. The molecule has 0 fully saturated rings. The van der Waals surface area contributed by atoms with Crippen LogP contribution in [0.5, 0.6) is 5.75 Å². The van der Waals surface area contributed by atoms with Gasteiger partial charge in [0.2, 0.25) is 0 Å². The summed E-state index contributed by atoms with van der Waals surface area (Å²) in [5.41, 5.74) is 9.92. The average Bonchev–Trinajstić information content (AvgIpc) is 2.96. The molecule has 4 N–H and O–H groups in total. The lowest BCUT2D eigenvalue weighted by molar-refractivity contribution is -0.144. The van der Waals surface area contributed by atoms with Crippen LogP contribution in [-0.2, 0) is 16.0 Å². The van der Waals surface area contributed by atoms with Crippen LogP contribution in [0.25, 0.3) is 0 Å². The molecule has 6 nitrogen and oxygen atoms in total. The first-order chi connectivity index (χ1) is 19.7. The highest BCUT2D eigenvalue weighted by molar-refractivity contribution is 5.69. The number of aliphatic hydroxyl groups excluding tert-OH is 1. The third-order valence-electron chi connectivity index (χ3n) is 6.33. The number of ether oxygens (including phenoxy) is 2. The molecule has 0 unspecified atom stereocenters. The molecule has 0 aliphatic heterocycles. The van der Waals surface area contributed by atoms with E-state index in [1.165, 1.54) is 12.3 Å². The van der Waals surface area contributed by atoms with Gasteiger partial charge in [-0.25, -0.2) is 4.39 Å². The van der Waals surface area contributed by atoms with Gasteiger partial charge in [0.1, 0.15) is 23.9 Å². The molecule has 0 bridgehead atoms. The van der Waals surface area contributed by atoms with Crippen molar-refractivity contribution >= 4 is 5.97 Å². The molecule has 0 saturated heterocycles. The number of halogens is 1. The van der Waals surface area contributed by atoms with Crippen LogP contribution in [0.3, 0.4) is 0 Å². The second-order valence-electron chi connectivity index (χ2n) is 9.87. The number of hydrogen-bond donors (Lipinski definition) is 3. The summed E-state index contributed by atoms with van der Waals surface area (Å²) in [7, 11) is 0. The minimum Gasteiger partial charge on any atom is -0.463 e. The van der Waals surface area contributed by atoms with Crippen LogP contribution >= 0.6 is 0 Å². The van der Waals surface area contributed by atoms with Crippen molar-refractivity contribution in [2.24, 2.45) is 11.7 Å². The molecule has 0 aliphatic carbocycles. The van der Waals surface area contributed by atoms with Crippen molar-refractivity contribution in [1.29, 1.82) is 0 Å². The number of aryl methyl sites for hydroxylation is 1. The maximum atomic E-state index is 14.6. The normalized spacial score (nSPS) is 13.8. The van der Waals surface area contributed by atoms with Crippen LogP contribution in [-0.4, -0.2) is 30.8 Å². The van der Waals surface area contributed by atoms with Gasteiger partial charge in [0, 0.05) is 36.5 Å². The Bertz CT molecular complexity index is 1130. The minimum atomic E-state index is -0.338. The number of benzene rings is 1. The van der Waals surface area contributed by atoms with Gasteiger partial charge in [-0.1, -0.05) is 65.3 Å². The summed E-state index contributed by atoms with van der Waals surface area (Å²) >= 11 is 0. The van der Waals surface area contributed by atoms with Gasteiger partial charge >= 0.3 is 5.97 Å². The SMILES string of the molecule is C=C(/C=C(\C=C/[C@H](C)CC)Oc1ccc(CCC)c(F)c1)/C(C)=C/C(=C\N)C(=C\CC)/NCCCC(=O)OCCO. The fourth-order valence-corrected chi connectivity index (χ4v) is 3.72. The van der Waals surface area contributed by atoms with Gasteiger partial charge in [0.25, 0.3) is 0 Å². The number of allylic oxidation sites excluding steroid dienone is 7. The van der Waals surface area contributed by atoms with E-state index in [0.29, 0.717) is 42.4 Å². The van der Waals surface area contributed by atoms with E-state index in [2.05, 4.69) is 31.8 Å². The largest absolute Gasteiger partial charge is 0.463 e. The van der Waals surface area contributed by atoms with E-state index in [1.807, 2.05) is 45.1 Å². The Hall–Kier alpha value is -3.58. The van der Waals surface area contributed by atoms with Crippen molar-refractivity contribution < 1.29 is 23.8 Å². The molecule has 0 heterocycles. The van der Waals surface area contributed by atoms with Crippen molar-refractivity contribution in [3.05, 3.63) is 101 Å². The zero-order valence-electron chi connectivity index (χ0n) is 25.5. The van der Waals surface area contributed by atoms with Crippen LogP contribution in [0.15, 0.2) is 89.5 Å². The van der Waals surface area contributed by atoms with Crippen molar-refractivity contribution in [2.75, 3.05) is 19.8 Å². The van der Waals surface area contributed by atoms with Crippen LogP contribution in [0.2, 0.25) is 0 Å². The molecule has 0 aliphatic rings. The van der Waals surface area contributed by atoms with Gasteiger partial charge in [-0.15, -0.1) is 0 Å². The number of esters is 1. The van der Waals surface area contributed by atoms with E-state index >= 15 is 0 Å². The predicted octanol–water partition coefficient (Wildman–Crippen LogP) is 7.19. The molecule has 7 heteroatoms. The van der Waals surface area contributed by atoms with E-state index in [-0.39, 0.29) is 31.4 Å². The fourth-order valence-electron chi connectivity index (χ4n) is 3.72. The van der Waals surface area contributed by atoms with Crippen LogP contribution in [0.1, 0.15) is 72.3 Å². The second-order valence-corrected chi connectivity index (χ2v) is 9.87. The van der Waals surface area contributed by atoms with Gasteiger partial charge in [-0.05, 0) is 73.1 Å². The van der Waals surface area contributed by atoms with Gasteiger partial charge in [-0.3, -0.25) is 4.79 Å². The highest BCUT2D eigenvalue weighted by atomic mass is 19.1. The summed E-state index contributed by atoms with van der Waals surface area (Å²) in [5, 5.41) is 12.1. The Morgan fingerprint density at radius 1 is 1.24 bits per heavy atom. The number of aliphatic hydroxyl groups is 1. The van der Waals surface area contributed by atoms with E-state index < -0.39 is 0 Å². The van der Waals surface area contributed by atoms with Gasteiger partial charge < -0.3 is 25.6 Å². The summed E-state index contributed by atoms with van der Waals surface area (Å²) in [6.45, 7) is 14.9. The molecular weight excluding hydrogens is 519 g/mol. The van der Waals surface area contributed by atoms with Crippen molar-refractivity contribution in [2.45, 2.75) is 73.1 Å². The van der Waals surface area contributed by atoms with E-state index in [9.17, 15) is 9.18 Å². The summed E-state index contributed by atoms with van der Waals surface area (Å²) in [5.74, 6) is 0.727. The molecule has 0 spiro atoms. The van der Waals surface area contributed by atoms with Gasteiger partial charge in [0.15, 0.2) is 0 Å². The van der Waals surface area contributed by atoms with E-state index in [4.69, 9.17) is 20.3 Å². The molecule has 41 heavy (non-hydrogen) atoms. The molecule has 0 amide bonds. The maximum Gasteiger partial charge on any atom is 0.305 e. The molecule has 0 radical (unpaired) electrons. The van der Waals surface area contributed by atoms with Crippen LogP contribution < -0.4 is 15.8 Å². The number of carbonyl (C=O) groups excluding carboxylic acids is 1. The number of nitrogens with one attached hydrogen (secondary N) is 1. The molecule has 1 rings (SSSR count). The fraction of sp³-hybridized carbons (Fsp3) is 0.441. The third-order valence-corrected chi connectivity index (χ3v) is 6.33. The molecule has 1 aromatic rings. The van der Waals surface area contributed by atoms with Crippen molar-refractivity contribution in [1.82, 2.24) is 5.32 Å². The second kappa shape index (κ2) is 20.3. The zero-order valence-corrected chi connectivity index (χ0v) is 25.5. The molecular formula is C34H49FN2O4. The topological polar surface area (TPSA) is 93.8 Å². The first-order valence-corrected chi connectivity index (χ1v) is 14.5. The highest BCUT2D eigenvalue weighted by Gasteiger charge is 2.09. The monoisotopic (exact) mass is 568 g/mol. The quantitative estimate of drug-likeness (QED) is 0.0708. The summed E-state index contributed by atoms with van der Waals surface area (Å²) in [4.78, 5) is 11.7. The Morgan fingerprint density at radius 2 is 2.00 bits per heavy atom. The Kier molecular flexibility index (Phi) is 17.6. The first-order valence-electron chi connectivity index (χ1n) is 14.5. The van der Waals surface area contributed by atoms with E-state index in [0.717, 1.165) is 41.7 Å². The molecule has 0 aromatic heterocycles. The molecule has 1 atom stereocenters. The van der Waals surface area contributed by atoms with Gasteiger partial charge in [-0.2, -0.15) is 0 Å². The number of rotatable bonds is 19. The lowest BCUT2D eigenvalue weighted by atomic mass is 10.0. The van der Waals surface area contributed by atoms with Gasteiger partial charge in [0.05, 0.1) is 6.61 Å². The smallest absolute Gasteiger partial charge is 0.305 e. The highest BCUT2D eigenvalue weighted by Crippen LogP contribution is 2.23. The van der Waals surface area contributed by atoms with Crippen molar-refractivity contribution in [3.63, 3.8) is 0 Å². The van der Waals surface area contributed by atoms with E-state index in [1.54, 1.807) is 12.1 Å². The molecule has 0 saturated carbocycles.